The summed E-state index contributed by atoms with van der Waals surface area (Å²) in [7, 11) is 0. The number of nitrogens with one attached hydrogen (secondary N) is 1. The second-order valence-electron chi connectivity index (χ2n) is 6.01. The van der Waals surface area contributed by atoms with Crippen molar-refractivity contribution in [3.8, 4) is 0 Å². The number of nitrogens with zero attached hydrogens (tertiary/aromatic N) is 1. The molecule has 0 bridgehead atoms. The minimum absolute atomic E-state index is 0.159. The summed E-state index contributed by atoms with van der Waals surface area (Å²) < 4.78 is 5.36. The van der Waals surface area contributed by atoms with Crippen LogP contribution in [0.2, 0.25) is 0 Å². The molecule has 0 unspecified atom stereocenters. The average molecular weight is 342 g/mol. The highest BCUT2D eigenvalue weighted by molar-refractivity contribution is 5.92. The lowest BCUT2D eigenvalue weighted by Crippen LogP contribution is -2.41. The number of hydrogen-bond donors (Lipinski definition) is 1. The van der Waals surface area contributed by atoms with Gasteiger partial charge in [0.05, 0.1) is 18.5 Å². The van der Waals surface area contributed by atoms with Gasteiger partial charge >= 0.3 is 6.03 Å². The molecule has 3 aromatic rings. The molecule has 0 atom stereocenters. The van der Waals surface area contributed by atoms with E-state index in [4.69, 9.17) is 4.42 Å². The van der Waals surface area contributed by atoms with E-state index in [0.717, 1.165) is 16.8 Å². The zero-order valence-corrected chi connectivity index (χ0v) is 14.1. The van der Waals surface area contributed by atoms with E-state index in [2.05, 4.69) is 5.32 Å². The first-order valence-corrected chi connectivity index (χ1v) is 8.44. The minimum Gasteiger partial charge on any atom is -0.465 e. The highest BCUT2D eigenvalue weighted by atomic mass is 16.3. The van der Waals surface area contributed by atoms with Gasteiger partial charge in [0.1, 0.15) is 5.76 Å². The summed E-state index contributed by atoms with van der Waals surface area (Å²) in [6, 6.07) is 23.4. The van der Waals surface area contributed by atoms with Crippen molar-refractivity contribution in [2.24, 2.45) is 0 Å². The molecule has 1 aliphatic heterocycles. The summed E-state index contributed by atoms with van der Waals surface area (Å²) in [5.41, 5.74) is 3.62. The normalized spacial score (nSPS) is 15.7. The third kappa shape index (κ3) is 3.44. The van der Waals surface area contributed by atoms with Gasteiger partial charge in [-0.15, -0.1) is 0 Å². The van der Waals surface area contributed by atoms with Crippen molar-refractivity contribution in [2.75, 3.05) is 0 Å². The molecule has 0 spiro atoms. The molecule has 0 fully saturated rings. The smallest absolute Gasteiger partial charge is 0.326 e. The Bertz CT molecular complexity index is 942. The molecule has 26 heavy (non-hydrogen) atoms. The van der Waals surface area contributed by atoms with Crippen LogP contribution < -0.4 is 5.32 Å². The number of benzene rings is 2. The molecule has 1 N–H and O–H groups in total. The largest absolute Gasteiger partial charge is 0.465 e. The lowest BCUT2D eigenvalue weighted by atomic mass is 10.1. The second-order valence-corrected chi connectivity index (χ2v) is 6.01. The second kappa shape index (κ2) is 7.15. The summed E-state index contributed by atoms with van der Waals surface area (Å²) in [4.78, 5) is 14.6. The van der Waals surface area contributed by atoms with Crippen molar-refractivity contribution in [3.63, 3.8) is 0 Å². The molecule has 0 saturated carbocycles. The molecule has 4 rings (SSSR count). The number of urea groups is 1. The van der Waals surface area contributed by atoms with E-state index >= 15 is 0 Å². The van der Waals surface area contributed by atoms with E-state index in [0.29, 0.717) is 18.0 Å². The van der Waals surface area contributed by atoms with Gasteiger partial charge in [0.2, 0.25) is 0 Å². The summed E-state index contributed by atoms with van der Waals surface area (Å²) in [6.07, 6.45) is 5.41. The molecule has 4 heteroatoms. The number of rotatable bonds is 4. The van der Waals surface area contributed by atoms with Crippen LogP contribution in [0.4, 0.5) is 4.79 Å². The summed E-state index contributed by atoms with van der Waals surface area (Å²) in [5, 5.41) is 2.94. The first-order valence-electron chi connectivity index (χ1n) is 8.44. The molecule has 0 aliphatic carbocycles. The van der Waals surface area contributed by atoms with Gasteiger partial charge in [-0.3, -0.25) is 4.90 Å². The van der Waals surface area contributed by atoms with Gasteiger partial charge in [-0.05, 0) is 29.3 Å². The molecule has 4 nitrogen and oxygen atoms in total. The fraction of sp³-hybridized carbons (Fsp3) is 0.0455. The number of furan rings is 1. The van der Waals surface area contributed by atoms with Crippen LogP contribution in [0.3, 0.4) is 0 Å². The molecule has 2 aromatic carbocycles. The van der Waals surface area contributed by atoms with Crippen molar-refractivity contribution in [1.82, 2.24) is 10.2 Å². The Morgan fingerprint density at radius 3 is 2.35 bits per heavy atom. The Labute approximate surface area is 152 Å². The van der Waals surface area contributed by atoms with Gasteiger partial charge in [-0.1, -0.05) is 60.7 Å². The molecule has 2 amide bonds. The maximum absolute atomic E-state index is 12.8. The van der Waals surface area contributed by atoms with E-state index in [1.54, 1.807) is 11.2 Å². The third-order valence-electron chi connectivity index (χ3n) is 4.17. The number of carbonyl (C=O) groups excluding carboxylic acids is 1. The number of carbonyl (C=O) groups is 1. The molecule has 2 heterocycles. The molecule has 1 aliphatic rings. The predicted molar refractivity (Wildman–Crippen MR) is 102 cm³/mol. The van der Waals surface area contributed by atoms with Gasteiger partial charge in [-0.25, -0.2) is 4.79 Å². The van der Waals surface area contributed by atoms with Crippen LogP contribution in [0.15, 0.2) is 95.2 Å². The topological polar surface area (TPSA) is 45.5 Å². The van der Waals surface area contributed by atoms with Crippen molar-refractivity contribution in [2.45, 2.75) is 6.54 Å². The molecular weight excluding hydrogens is 324 g/mol. The molecule has 1 aromatic heterocycles. The van der Waals surface area contributed by atoms with E-state index in [-0.39, 0.29) is 6.03 Å². The quantitative estimate of drug-likeness (QED) is 0.734. The highest BCUT2D eigenvalue weighted by Gasteiger charge is 2.25. The monoisotopic (exact) mass is 342 g/mol. The van der Waals surface area contributed by atoms with Gasteiger partial charge < -0.3 is 9.73 Å². The van der Waals surface area contributed by atoms with Gasteiger partial charge in [0, 0.05) is 11.8 Å². The maximum atomic E-state index is 12.8. The van der Waals surface area contributed by atoms with Gasteiger partial charge in [-0.2, -0.15) is 0 Å². The minimum atomic E-state index is -0.159. The summed E-state index contributed by atoms with van der Waals surface area (Å²) in [5.74, 6) is 0.695. The zero-order chi connectivity index (χ0) is 17.8. The predicted octanol–water partition coefficient (Wildman–Crippen LogP) is 4.89. The van der Waals surface area contributed by atoms with Crippen molar-refractivity contribution < 1.29 is 9.21 Å². The van der Waals surface area contributed by atoms with E-state index in [1.807, 2.05) is 84.9 Å². The van der Waals surface area contributed by atoms with Crippen LogP contribution in [-0.2, 0) is 6.54 Å². The lowest BCUT2D eigenvalue weighted by Gasteiger charge is -2.30. The zero-order valence-electron chi connectivity index (χ0n) is 14.1. The van der Waals surface area contributed by atoms with Crippen LogP contribution in [-0.4, -0.2) is 10.9 Å². The Morgan fingerprint density at radius 1 is 0.923 bits per heavy atom. The van der Waals surface area contributed by atoms with Gasteiger partial charge in [0.15, 0.2) is 0 Å². The van der Waals surface area contributed by atoms with Crippen molar-refractivity contribution in [3.05, 3.63) is 108 Å². The van der Waals surface area contributed by atoms with Crippen molar-refractivity contribution >= 4 is 17.8 Å². The highest BCUT2D eigenvalue weighted by Crippen LogP contribution is 2.27. The fourth-order valence-electron chi connectivity index (χ4n) is 2.94. The lowest BCUT2D eigenvalue weighted by molar-refractivity contribution is 0.218. The fourth-order valence-corrected chi connectivity index (χ4v) is 2.94. The van der Waals surface area contributed by atoms with Crippen LogP contribution in [0.25, 0.3) is 11.8 Å². The Morgan fingerprint density at radius 2 is 1.65 bits per heavy atom. The number of amides is 2. The standard InChI is InChI=1S/C22H18N2O2/c25-22-23-19(14-20-12-7-13-26-20)15-21(18-10-5-2-6-11-18)24(22)16-17-8-3-1-4-9-17/h1-15H,16H2,(H,23,25)/b19-14+. The first kappa shape index (κ1) is 16.0. The van der Waals surface area contributed by atoms with Crippen LogP contribution in [0.1, 0.15) is 16.9 Å². The number of allylic oxidation sites excluding steroid dienone is 1. The Balaban J connectivity index is 1.74. The number of hydrogen-bond acceptors (Lipinski definition) is 2. The summed E-state index contributed by atoms with van der Waals surface area (Å²) >= 11 is 0. The third-order valence-corrected chi connectivity index (χ3v) is 4.17. The van der Waals surface area contributed by atoms with Crippen LogP contribution in [0.5, 0.6) is 0 Å². The summed E-state index contributed by atoms with van der Waals surface area (Å²) in [6.45, 7) is 0.501. The van der Waals surface area contributed by atoms with E-state index in [1.165, 1.54) is 0 Å². The SMILES string of the molecule is O=C1N/C(=C/c2ccco2)C=C(c2ccccc2)N1Cc1ccccc1. The van der Waals surface area contributed by atoms with Gasteiger partial charge in [0.25, 0.3) is 0 Å². The molecular formula is C22H18N2O2. The van der Waals surface area contributed by atoms with Crippen LogP contribution in [0, 0.1) is 0 Å². The Hall–Kier alpha value is -3.53. The Kier molecular flexibility index (Phi) is 4.39. The van der Waals surface area contributed by atoms with E-state index in [9.17, 15) is 4.79 Å². The molecule has 128 valence electrons. The molecule has 0 radical (unpaired) electrons. The molecule has 0 saturated heterocycles. The van der Waals surface area contributed by atoms with Crippen molar-refractivity contribution in [1.29, 1.82) is 0 Å². The average Bonchev–Trinajstić information content (AvgIpc) is 3.18. The maximum Gasteiger partial charge on any atom is 0.326 e. The van der Waals surface area contributed by atoms with E-state index < -0.39 is 0 Å². The van der Waals surface area contributed by atoms with Crippen LogP contribution >= 0.6 is 0 Å². The first-order chi connectivity index (χ1) is 12.8.